The van der Waals surface area contributed by atoms with Gasteiger partial charge in [-0.2, -0.15) is 13.2 Å². The van der Waals surface area contributed by atoms with Gasteiger partial charge >= 0.3 is 6.18 Å². The molecule has 0 aliphatic rings. The Kier molecular flexibility index (Phi) is 10.0. The number of benzene rings is 2. The third kappa shape index (κ3) is 8.36. The fourth-order valence-corrected chi connectivity index (χ4v) is 2.37. The van der Waals surface area contributed by atoms with E-state index in [9.17, 15) is 13.2 Å². The number of ether oxygens (including phenoxy) is 3. The summed E-state index contributed by atoms with van der Waals surface area (Å²) in [6.07, 6.45) is -4.42. The quantitative estimate of drug-likeness (QED) is 0.305. The van der Waals surface area contributed by atoms with Gasteiger partial charge in [-0.25, -0.2) is 4.99 Å². The highest BCUT2D eigenvalue weighted by Crippen LogP contribution is 2.30. The lowest BCUT2D eigenvalue weighted by Gasteiger charge is -2.13. The van der Waals surface area contributed by atoms with Crippen LogP contribution >= 0.6 is 24.0 Å². The summed E-state index contributed by atoms with van der Waals surface area (Å²) >= 11 is 0. The number of halogens is 4. The molecule has 10 heteroatoms. The first-order chi connectivity index (χ1) is 13.3. The maximum absolute atomic E-state index is 12.3. The van der Waals surface area contributed by atoms with E-state index in [1.807, 2.05) is 24.3 Å². The zero-order chi connectivity index (χ0) is 20.6. The number of hydrogen-bond acceptors (Lipinski definition) is 4. The summed E-state index contributed by atoms with van der Waals surface area (Å²) in [6, 6.07) is 12.1. The average Bonchev–Trinajstić information content (AvgIpc) is 2.66. The zero-order valence-electron chi connectivity index (χ0n) is 16.0. The van der Waals surface area contributed by atoms with Crippen LogP contribution in [-0.4, -0.2) is 33.0 Å². The lowest BCUT2D eigenvalue weighted by molar-refractivity contribution is -0.153. The summed E-state index contributed by atoms with van der Waals surface area (Å²) in [5.41, 5.74) is 8.34. The number of hydrogen-bond donors (Lipinski definition) is 2. The van der Waals surface area contributed by atoms with Gasteiger partial charge in [-0.05, 0) is 23.8 Å². The van der Waals surface area contributed by atoms with Gasteiger partial charge in [0.2, 0.25) is 0 Å². The fourth-order valence-electron chi connectivity index (χ4n) is 2.37. The van der Waals surface area contributed by atoms with Crippen molar-refractivity contribution in [3.8, 4) is 11.5 Å². The molecule has 0 saturated heterocycles. The van der Waals surface area contributed by atoms with Gasteiger partial charge in [0.15, 0.2) is 24.1 Å². The standard InChI is InChI=1S/C19H22F3N3O3.HI/c1-26-11-14-5-3-4-6-15(14)25-18(23)24-10-13-7-8-16(17(9-13)27-2)28-12-19(20,21)22;/h3-9H,10-12H2,1-2H3,(H3,23,24,25);1H. The van der Waals surface area contributed by atoms with Gasteiger partial charge < -0.3 is 25.3 Å². The first kappa shape index (κ1) is 24.8. The molecule has 2 rings (SSSR count). The minimum absolute atomic E-state index is 0. The van der Waals surface area contributed by atoms with Gasteiger partial charge in [0.25, 0.3) is 0 Å². The molecule has 0 aromatic heterocycles. The molecule has 0 aliphatic carbocycles. The van der Waals surface area contributed by atoms with Crippen LogP contribution in [0.15, 0.2) is 47.5 Å². The SMILES string of the molecule is COCc1ccccc1NC(N)=NCc1ccc(OCC(F)(F)F)c(OC)c1.I. The molecule has 0 fully saturated rings. The van der Waals surface area contributed by atoms with Crippen molar-refractivity contribution in [2.75, 3.05) is 26.1 Å². The topological polar surface area (TPSA) is 78.1 Å². The van der Waals surface area contributed by atoms with Crippen molar-refractivity contribution in [1.29, 1.82) is 0 Å². The molecule has 6 nitrogen and oxygen atoms in total. The van der Waals surface area contributed by atoms with Crippen molar-refractivity contribution in [2.45, 2.75) is 19.3 Å². The lowest BCUT2D eigenvalue weighted by Crippen LogP contribution is -2.23. The van der Waals surface area contributed by atoms with Crippen LogP contribution < -0.4 is 20.5 Å². The number of anilines is 1. The number of para-hydroxylation sites is 1. The molecule has 0 spiro atoms. The van der Waals surface area contributed by atoms with Crippen molar-refractivity contribution >= 4 is 35.6 Å². The van der Waals surface area contributed by atoms with Gasteiger partial charge in [-0.15, -0.1) is 24.0 Å². The molecule has 29 heavy (non-hydrogen) atoms. The Morgan fingerprint density at radius 2 is 1.83 bits per heavy atom. The molecular weight excluding hydrogens is 502 g/mol. The molecule has 0 radical (unpaired) electrons. The average molecular weight is 525 g/mol. The maximum atomic E-state index is 12.3. The van der Waals surface area contributed by atoms with Crippen LogP contribution in [0.25, 0.3) is 0 Å². The van der Waals surface area contributed by atoms with Gasteiger partial charge in [-0.3, -0.25) is 0 Å². The Bertz CT molecular complexity index is 817. The molecule has 160 valence electrons. The summed E-state index contributed by atoms with van der Waals surface area (Å²) in [7, 11) is 2.95. The molecule has 0 aliphatic heterocycles. The van der Waals surface area contributed by atoms with Gasteiger partial charge in [0.1, 0.15) is 0 Å². The molecule has 2 aromatic carbocycles. The third-order valence-electron chi connectivity index (χ3n) is 3.63. The van der Waals surface area contributed by atoms with Crippen molar-refractivity contribution in [1.82, 2.24) is 0 Å². The molecule has 0 saturated carbocycles. The van der Waals surface area contributed by atoms with Crippen LogP contribution in [-0.2, 0) is 17.9 Å². The Balaban J connectivity index is 0.00000420. The zero-order valence-corrected chi connectivity index (χ0v) is 18.3. The van der Waals surface area contributed by atoms with Crippen LogP contribution in [0.5, 0.6) is 11.5 Å². The van der Waals surface area contributed by atoms with E-state index >= 15 is 0 Å². The minimum Gasteiger partial charge on any atom is -0.493 e. The predicted molar refractivity (Wildman–Crippen MR) is 116 cm³/mol. The van der Waals surface area contributed by atoms with E-state index < -0.39 is 12.8 Å². The van der Waals surface area contributed by atoms with E-state index in [4.69, 9.17) is 19.9 Å². The second-order valence-electron chi connectivity index (χ2n) is 5.81. The summed E-state index contributed by atoms with van der Waals surface area (Å²) < 4.78 is 51.9. The Labute approximate surface area is 184 Å². The third-order valence-corrected chi connectivity index (χ3v) is 3.63. The van der Waals surface area contributed by atoms with Crippen LogP contribution in [0.1, 0.15) is 11.1 Å². The number of methoxy groups -OCH3 is 2. The fraction of sp³-hybridized carbons (Fsp3) is 0.316. The molecule has 2 aromatic rings. The van der Waals surface area contributed by atoms with Gasteiger partial charge in [0.05, 0.1) is 20.3 Å². The molecule has 0 unspecified atom stereocenters. The number of nitrogens with zero attached hydrogens (tertiary/aromatic N) is 1. The maximum Gasteiger partial charge on any atom is 0.422 e. The first-order valence-electron chi connectivity index (χ1n) is 8.32. The van der Waals surface area contributed by atoms with Crippen LogP contribution in [0.2, 0.25) is 0 Å². The normalized spacial score (nSPS) is 11.6. The molecule has 3 N–H and O–H groups in total. The van der Waals surface area contributed by atoms with E-state index in [0.717, 1.165) is 11.3 Å². The van der Waals surface area contributed by atoms with E-state index in [1.54, 1.807) is 19.2 Å². The Hall–Kier alpha value is -2.21. The second-order valence-corrected chi connectivity index (χ2v) is 5.81. The lowest BCUT2D eigenvalue weighted by atomic mass is 10.2. The summed E-state index contributed by atoms with van der Waals surface area (Å²) in [5, 5.41) is 3.01. The van der Waals surface area contributed by atoms with Crippen molar-refractivity contribution < 1.29 is 27.4 Å². The molecule has 0 heterocycles. The molecular formula is C19H23F3IN3O3. The van der Waals surface area contributed by atoms with Crippen molar-refractivity contribution in [3.05, 3.63) is 53.6 Å². The van der Waals surface area contributed by atoms with Crippen LogP contribution in [0, 0.1) is 0 Å². The number of guanidine groups is 1. The van der Waals surface area contributed by atoms with Gasteiger partial charge in [0, 0.05) is 18.4 Å². The smallest absolute Gasteiger partial charge is 0.422 e. The number of alkyl halides is 3. The minimum atomic E-state index is -4.42. The van der Waals surface area contributed by atoms with E-state index in [2.05, 4.69) is 10.3 Å². The van der Waals surface area contributed by atoms with E-state index in [0.29, 0.717) is 12.2 Å². The highest BCUT2D eigenvalue weighted by molar-refractivity contribution is 14.0. The largest absolute Gasteiger partial charge is 0.493 e. The molecule has 0 amide bonds. The summed E-state index contributed by atoms with van der Waals surface area (Å²) in [4.78, 5) is 4.25. The number of nitrogens with two attached hydrogens (primary N) is 1. The van der Waals surface area contributed by atoms with Crippen molar-refractivity contribution in [2.24, 2.45) is 10.7 Å². The second kappa shape index (κ2) is 11.7. The van der Waals surface area contributed by atoms with Crippen molar-refractivity contribution in [3.63, 3.8) is 0 Å². The summed E-state index contributed by atoms with van der Waals surface area (Å²) in [6.45, 7) is -0.757. The van der Waals surface area contributed by atoms with E-state index in [-0.39, 0.29) is 48.0 Å². The Morgan fingerprint density at radius 1 is 1.10 bits per heavy atom. The number of nitrogens with one attached hydrogen (secondary N) is 1. The highest BCUT2D eigenvalue weighted by atomic mass is 127. The number of aliphatic imine (C=N–C) groups is 1. The molecule has 0 bridgehead atoms. The van der Waals surface area contributed by atoms with Crippen LogP contribution in [0.3, 0.4) is 0 Å². The van der Waals surface area contributed by atoms with E-state index in [1.165, 1.54) is 13.2 Å². The Morgan fingerprint density at radius 3 is 2.48 bits per heavy atom. The number of rotatable bonds is 8. The highest BCUT2D eigenvalue weighted by Gasteiger charge is 2.29. The first-order valence-corrected chi connectivity index (χ1v) is 8.32. The molecule has 0 atom stereocenters. The summed E-state index contributed by atoms with van der Waals surface area (Å²) in [5.74, 6) is 0.390. The van der Waals surface area contributed by atoms with Gasteiger partial charge in [-0.1, -0.05) is 24.3 Å². The monoisotopic (exact) mass is 525 g/mol. The van der Waals surface area contributed by atoms with Crippen LogP contribution in [0.4, 0.5) is 18.9 Å². The predicted octanol–water partition coefficient (Wildman–Crippen LogP) is 4.33.